The molecule has 0 spiro atoms. The lowest BCUT2D eigenvalue weighted by Crippen LogP contribution is -2.53. The number of alkyl carbamates (subject to hydrolysis) is 1. The number of hydrogen-bond donors (Lipinski definition) is 3. The molecule has 2 aromatic carbocycles. The second-order valence-electron chi connectivity index (χ2n) is 12.5. The molecule has 4 amide bonds. The van der Waals surface area contributed by atoms with Gasteiger partial charge in [-0.2, -0.15) is 0 Å². The van der Waals surface area contributed by atoms with Crippen LogP contribution in [0.3, 0.4) is 0 Å². The Morgan fingerprint density at radius 3 is 2.05 bits per heavy atom. The SMILES string of the molecule is CCCCCCCCN(C(=O)C(CCC(N)=O)NC(=O)OC(C)(C)C)C(C(=O)Nc1ccccc1C)c1c(C)cccc1C. The summed E-state index contributed by atoms with van der Waals surface area (Å²) < 4.78 is 5.45. The van der Waals surface area contributed by atoms with Crippen molar-refractivity contribution in [3.8, 4) is 0 Å². The maximum Gasteiger partial charge on any atom is 0.408 e. The topological polar surface area (TPSA) is 131 Å². The molecule has 0 heterocycles. The number of hydrogen-bond acceptors (Lipinski definition) is 5. The zero-order valence-electron chi connectivity index (χ0n) is 27.6. The van der Waals surface area contributed by atoms with E-state index >= 15 is 0 Å². The Morgan fingerprint density at radius 2 is 1.45 bits per heavy atom. The number of para-hydroxylation sites is 1. The molecular weight excluding hydrogens is 556 g/mol. The fraction of sp³-hybridized carbons (Fsp3) is 0.543. The number of carbonyl (C=O) groups is 4. The van der Waals surface area contributed by atoms with E-state index in [0.29, 0.717) is 12.1 Å². The van der Waals surface area contributed by atoms with Crippen LogP contribution in [0.15, 0.2) is 42.5 Å². The van der Waals surface area contributed by atoms with Crippen LogP contribution in [0.1, 0.15) is 107 Å². The molecule has 0 aliphatic rings. The predicted octanol–water partition coefficient (Wildman–Crippen LogP) is 6.64. The number of rotatable bonds is 16. The monoisotopic (exact) mass is 608 g/mol. The van der Waals surface area contributed by atoms with Gasteiger partial charge in [-0.25, -0.2) is 4.79 Å². The largest absolute Gasteiger partial charge is 0.444 e. The van der Waals surface area contributed by atoms with Gasteiger partial charge in [0.25, 0.3) is 5.91 Å². The number of benzene rings is 2. The summed E-state index contributed by atoms with van der Waals surface area (Å²) in [5, 5.41) is 5.73. The molecular formula is C35H52N4O5. The molecule has 242 valence electrons. The van der Waals surface area contributed by atoms with E-state index in [9.17, 15) is 19.2 Å². The molecule has 2 aromatic rings. The minimum Gasteiger partial charge on any atom is -0.444 e. The Morgan fingerprint density at radius 1 is 0.864 bits per heavy atom. The first kappa shape index (κ1) is 36.3. The van der Waals surface area contributed by atoms with Gasteiger partial charge in [0.15, 0.2) is 0 Å². The molecule has 4 N–H and O–H groups in total. The number of nitrogens with one attached hydrogen (secondary N) is 2. The fourth-order valence-corrected chi connectivity index (χ4v) is 5.22. The second kappa shape index (κ2) is 17.4. The Bertz CT molecular complexity index is 1250. The summed E-state index contributed by atoms with van der Waals surface area (Å²) >= 11 is 0. The van der Waals surface area contributed by atoms with Crippen molar-refractivity contribution in [3.63, 3.8) is 0 Å². The molecule has 0 fully saturated rings. The van der Waals surface area contributed by atoms with Gasteiger partial charge in [0.2, 0.25) is 11.8 Å². The first-order valence-corrected chi connectivity index (χ1v) is 15.8. The van der Waals surface area contributed by atoms with Crippen molar-refractivity contribution in [1.29, 1.82) is 0 Å². The lowest BCUT2D eigenvalue weighted by molar-refractivity contribution is -0.141. The van der Waals surface area contributed by atoms with Gasteiger partial charge in [0, 0.05) is 18.7 Å². The molecule has 2 rings (SSSR count). The Hall–Kier alpha value is -3.88. The Labute approximate surface area is 263 Å². The molecule has 0 aromatic heterocycles. The van der Waals surface area contributed by atoms with Crippen LogP contribution in [-0.4, -0.2) is 46.9 Å². The molecule has 44 heavy (non-hydrogen) atoms. The van der Waals surface area contributed by atoms with Gasteiger partial charge in [-0.3, -0.25) is 14.4 Å². The minimum atomic E-state index is -1.13. The van der Waals surface area contributed by atoms with Crippen molar-refractivity contribution in [3.05, 3.63) is 64.7 Å². The Balaban J connectivity index is 2.60. The van der Waals surface area contributed by atoms with Gasteiger partial charge in [-0.1, -0.05) is 75.4 Å². The van der Waals surface area contributed by atoms with Crippen molar-refractivity contribution < 1.29 is 23.9 Å². The summed E-state index contributed by atoms with van der Waals surface area (Å²) in [6.45, 7) is 13.4. The normalized spacial score (nSPS) is 12.6. The highest BCUT2D eigenvalue weighted by Gasteiger charge is 2.37. The Kier molecular flexibility index (Phi) is 14.4. The smallest absolute Gasteiger partial charge is 0.408 e. The molecule has 0 bridgehead atoms. The number of nitrogens with zero attached hydrogens (tertiary/aromatic N) is 1. The summed E-state index contributed by atoms with van der Waals surface area (Å²) in [5.41, 5.74) is 8.65. The molecule has 2 atom stereocenters. The fourth-order valence-electron chi connectivity index (χ4n) is 5.22. The average Bonchev–Trinajstić information content (AvgIpc) is 2.93. The van der Waals surface area contributed by atoms with Gasteiger partial charge in [-0.15, -0.1) is 0 Å². The molecule has 0 aliphatic heterocycles. The third kappa shape index (κ3) is 11.7. The van der Waals surface area contributed by atoms with Crippen LogP contribution in [0.4, 0.5) is 10.5 Å². The van der Waals surface area contributed by atoms with Gasteiger partial charge in [-0.05, 0) is 82.7 Å². The van der Waals surface area contributed by atoms with E-state index in [0.717, 1.165) is 54.4 Å². The second-order valence-corrected chi connectivity index (χ2v) is 12.5. The first-order valence-electron chi connectivity index (χ1n) is 15.8. The number of unbranched alkanes of at least 4 members (excludes halogenated alkanes) is 5. The van der Waals surface area contributed by atoms with Crippen LogP contribution in [0, 0.1) is 20.8 Å². The molecule has 2 unspecified atom stereocenters. The van der Waals surface area contributed by atoms with E-state index in [-0.39, 0.29) is 25.3 Å². The van der Waals surface area contributed by atoms with Gasteiger partial charge in [0.1, 0.15) is 17.7 Å². The molecule has 9 heteroatoms. The van der Waals surface area contributed by atoms with E-state index in [2.05, 4.69) is 17.6 Å². The summed E-state index contributed by atoms with van der Waals surface area (Å²) in [5.74, 6) is -1.43. The summed E-state index contributed by atoms with van der Waals surface area (Å²) in [6.07, 6.45) is 4.99. The highest BCUT2D eigenvalue weighted by atomic mass is 16.6. The highest BCUT2D eigenvalue weighted by molar-refractivity contribution is 6.00. The van der Waals surface area contributed by atoms with Crippen LogP contribution in [0.25, 0.3) is 0 Å². The standard InChI is InChI=1S/C35H52N4O5/c1-8-9-10-11-12-15-23-39(33(42)28(21-22-29(36)40)38-34(43)44-35(5,6)7)31(30-25(3)18-16-19-26(30)4)32(41)37-27-20-14-13-17-24(27)2/h13-14,16-20,28,31H,8-12,15,21-23H2,1-7H3,(H2,36,40)(H,37,41)(H,38,43). The maximum absolute atomic E-state index is 14.5. The van der Waals surface area contributed by atoms with E-state index in [4.69, 9.17) is 10.5 Å². The lowest BCUT2D eigenvalue weighted by atomic mass is 9.93. The van der Waals surface area contributed by atoms with Crippen LogP contribution in [0.2, 0.25) is 0 Å². The van der Waals surface area contributed by atoms with Crippen LogP contribution in [-0.2, 0) is 19.1 Å². The highest BCUT2D eigenvalue weighted by Crippen LogP contribution is 2.31. The maximum atomic E-state index is 14.5. The molecule has 9 nitrogen and oxygen atoms in total. The zero-order chi connectivity index (χ0) is 32.9. The summed E-state index contributed by atoms with van der Waals surface area (Å²) in [4.78, 5) is 55.0. The number of primary amides is 1. The number of aryl methyl sites for hydroxylation is 3. The lowest BCUT2D eigenvalue weighted by Gasteiger charge is -2.36. The van der Waals surface area contributed by atoms with Gasteiger partial charge >= 0.3 is 6.09 Å². The average molecular weight is 609 g/mol. The van der Waals surface area contributed by atoms with Crippen molar-refractivity contribution in [2.45, 2.75) is 118 Å². The number of nitrogens with two attached hydrogens (primary N) is 1. The minimum absolute atomic E-state index is 0.0285. The molecule has 0 radical (unpaired) electrons. The van der Waals surface area contributed by atoms with Crippen molar-refractivity contribution in [2.24, 2.45) is 5.73 Å². The molecule has 0 saturated carbocycles. The third-order valence-corrected chi connectivity index (χ3v) is 7.48. The predicted molar refractivity (Wildman–Crippen MR) is 175 cm³/mol. The van der Waals surface area contributed by atoms with E-state index in [1.807, 2.05) is 63.2 Å². The summed E-state index contributed by atoms with van der Waals surface area (Å²) in [6, 6.07) is 11.1. The number of carbonyl (C=O) groups excluding carboxylic acids is 4. The third-order valence-electron chi connectivity index (χ3n) is 7.48. The number of ether oxygens (including phenoxy) is 1. The molecule has 0 saturated heterocycles. The van der Waals surface area contributed by atoms with E-state index in [1.54, 1.807) is 25.7 Å². The van der Waals surface area contributed by atoms with Gasteiger partial charge < -0.3 is 26.0 Å². The first-order chi connectivity index (χ1) is 20.7. The van der Waals surface area contributed by atoms with Crippen LogP contribution in [0.5, 0.6) is 0 Å². The van der Waals surface area contributed by atoms with Gasteiger partial charge in [0.05, 0.1) is 0 Å². The van der Waals surface area contributed by atoms with Crippen LogP contribution < -0.4 is 16.4 Å². The molecule has 0 aliphatic carbocycles. The quantitative estimate of drug-likeness (QED) is 0.184. The number of anilines is 1. The number of amides is 4. The zero-order valence-corrected chi connectivity index (χ0v) is 27.6. The van der Waals surface area contributed by atoms with E-state index < -0.39 is 35.6 Å². The van der Waals surface area contributed by atoms with Crippen LogP contribution >= 0.6 is 0 Å². The van der Waals surface area contributed by atoms with E-state index in [1.165, 1.54) is 0 Å². The summed E-state index contributed by atoms with van der Waals surface area (Å²) in [7, 11) is 0. The van der Waals surface area contributed by atoms with Crippen molar-refractivity contribution in [2.75, 3.05) is 11.9 Å². The van der Waals surface area contributed by atoms with Crippen molar-refractivity contribution in [1.82, 2.24) is 10.2 Å². The van der Waals surface area contributed by atoms with Crippen molar-refractivity contribution >= 4 is 29.5 Å².